The number of alkyl halides is 3. The van der Waals surface area contributed by atoms with Crippen molar-refractivity contribution in [3.05, 3.63) is 35.4 Å². The zero-order valence-corrected chi connectivity index (χ0v) is 13.6. The summed E-state index contributed by atoms with van der Waals surface area (Å²) in [6.07, 6.45) is -4.12. The number of nitrogens with one attached hydrogen (secondary N) is 1. The first-order valence-electron chi connectivity index (χ1n) is 6.72. The number of rotatable bonds is 5. The third-order valence-electron chi connectivity index (χ3n) is 2.96. The lowest BCUT2D eigenvalue weighted by atomic mass is 9.98. The molecule has 3 N–H and O–H groups in total. The second kappa shape index (κ2) is 7.83. The molecule has 3 nitrogen and oxygen atoms in total. The molecular formula is C15H22ClF3N2O. The van der Waals surface area contributed by atoms with Gasteiger partial charge in [0.05, 0.1) is 5.56 Å². The van der Waals surface area contributed by atoms with Crippen LogP contribution in [0.3, 0.4) is 0 Å². The molecule has 1 aromatic rings. The average molecular weight is 339 g/mol. The molecule has 0 aliphatic rings. The van der Waals surface area contributed by atoms with Gasteiger partial charge in [-0.3, -0.25) is 4.79 Å². The Balaban J connectivity index is 0.00000441. The van der Waals surface area contributed by atoms with E-state index in [1.165, 1.54) is 6.07 Å². The minimum atomic E-state index is -4.37. The van der Waals surface area contributed by atoms with Gasteiger partial charge in [0.25, 0.3) is 0 Å². The van der Waals surface area contributed by atoms with Crippen LogP contribution in [0, 0.1) is 5.92 Å². The van der Waals surface area contributed by atoms with E-state index in [4.69, 9.17) is 5.73 Å². The normalized spacial score (nSPS) is 13.2. The van der Waals surface area contributed by atoms with Gasteiger partial charge in [0.1, 0.15) is 0 Å². The van der Waals surface area contributed by atoms with Crippen molar-refractivity contribution in [1.29, 1.82) is 0 Å². The highest BCUT2D eigenvalue weighted by Gasteiger charge is 2.30. The Kier molecular flexibility index (Phi) is 7.38. The van der Waals surface area contributed by atoms with E-state index in [9.17, 15) is 18.0 Å². The van der Waals surface area contributed by atoms with Crippen molar-refractivity contribution in [3.63, 3.8) is 0 Å². The third kappa shape index (κ3) is 7.13. The zero-order valence-electron chi connectivity index (χ0n) is 12.8. The topological polar surface area (TPSA) is 55.1 Å². The van der Waals surface area contributed by atoms with Gasteiger partial charge in [-0.05, 0) is 31.9 Å². The number of carbonyl (C=O) groups excluding carboxylic acids is 1. The van der Waals surface area contributed by atoms with Crippen LogP contribution in [0.4, 0.5) is 13.2 Å². The summed E-state index contributed by atoms with van der Waals surface area (Å²) in [5.74, 6) is -0.637. The number of hydrogen-bond acceptors (Lipinski definition) is 2. The summed E-state index contributed by atoms with van der Waals surface area (Å²) in [6, 6.07) is 5.04. The van der Waals surface area contributed by atoms with Crippen LogP contribution in [0.2, 0.25) is 0 Å². The van der Waals surface area contributed by atoms with Gasteiger partial charge in [-0.15, -0.1) is 12.4 Å². The highest BCUT2D eigenvalue weighted by Crippen LogP contribution is 2.29. The number of carbonyl (C=O) groups is 1. The van der Waals surface area contributed by atoms with E-state index < -0.39 is 23.2 Å². The molecule has 1 aromatic carbocycles. The molecule has 0 aromatic heterocycles. The maximum atomic E-state index is 12.6. The van der Waals surface area contributed by atoms with Crippen molar-refractivity contribution in [2.45, 2.75) is 38.9 Å². The van der Waals surface area contributed by atoms with Crippen LogP contribution in [0.5, 0.6) is 0 Å². The summed E-state index contributed by atoms with van der Waals surface area (Å²) < 4.78 is 37.9. The molecule has 0 aliphatic heterocycles. The Morgan fingerprint density at radius 3 is 2.41 bits per heavy atom. The quantitative estimate of drug-likeness (QED) is 0.866. The van der Waals surface area contributed by atoms with Gasteiger partial charge in [0.15, 0.2) is 0 Å². The smallest absolute Gasteiger partial charge is 0.354 e. The van der Waals surface area contributed by atoms with Gasteiger partial charge in [0.2, 0.25) is 5.91 Å². The fourth-order valence-electron chi connectivity index (χ4n) is 1.81. The minimum Gasteiger partial charge on any atom is -0.354 e. The Bertz CT molecular complexity index is 498. The van der Waals surface area contributed by atoms with E-state index >= 15 is 0 Å². The van der Waals surface area contributed by atoms with E-state index in [0.29, 0.717) is 12.1 Å². The van der Waals surface area contributed by atoms with Crippen LogP contribution in [0.25, 0.3) is 0 Å². The maximum Gasteiger partial charge on any atom is 0.416 e. The first-order valence-corrected chi connectivity index (χ1v) is 6.72. The van der Waals surface area contributed by atoms with Crippen molar-refractivity contribution in [2.24, 2.45) is 11.7 Å². The standard InChI is InChI=1S/C15H21F3N2O.ClH/c1-10(13(21)20-9-14(2,3)19)7-11-5-4-6-12(8-11)15(16,17)18;/h4-6,8,10H,7,9,19H2,1-3H3,(H,20,21);1H. The highest BCUT2D eigenvalue weighted by molar-refractivity contribution is 5.85. The molecule has 0 bridgehead atoms. The minimum absolute atomic E-state index is 0. The molecule has 0 fully saturated rings. The molecule has 0 spiro atoms. The van der Waals surface area contributed by atoms with Gasteiger partial charge < -0.3 is 11.1 Å². The summed E-state index contributed by atoms with van der Waals surface area (Å²) in [4.78, 5) is 11.9. The van der Waals surface area contributed by atoms with E-state index in [1.54, 1.807) is 26.8 Å². The van der Waals surface area contributed by atoms with Gasteiger partial charge in [-0.2, -0.15) is 13.2 Å². The SMILES string of the molecule is CC(Cc1cccc(C(F)(F)F)c1)C(=O)NCC(C)(C)N.Cl. The monoisotopic (exact) mass is 338 g/mol. The molecule has 1 atom stereocenters. The van der Waals surface area contributed by atoms with E-state index in [2.05, 4.69) is 5.32 Å². The lowest BCUT2D eigenvalue weighted by Crippen LogP contribution is -2.46. The van der Waals surface area contributed by atoms with E-state index in [0.717, 1.165) is 12.1 Å². The van der Waals surface area contributed by atoms with Gasteiger partial charge in [0, 0.05) is 18.0 Å². The molecule has 126 valence electrons. The molecule has 1 unspecified atom stereocenters. The van der Waals surface area contributed by atoms with Gasteiger partial charge in [-0.25, -0.2) is 0 Å². The summed E-state index contributed by atoms with van der Waals surface area (Å²) in [7, 11) is 0. The molecule has 0 saturated carbocycles. The van der Waals surface area contributed by atoms with Gasteiger partial charge >= 0.3 is 6.18 Å². The lowest BCUT2D eigenvalue weighted by Gasteiger charge is -2.21. The van der Waals surface area contributed by atoms with Crippen LogP contribution >= 0.6 is 12.4 Å². The maximum absolute atomic E-state index is 12.6. The Labute approximate surface area is 134 Å². The Morgan fingerprint density at radius 2 is 1.91 bits per heavy atom. The molecule has 0 saturated heterocycles. The zero-order chi connectivity index (χ0) is 16.3. The largest absolute Gasteiger partial charge is 0.416 e. The lowest BCUT2D eigenvalue weighted by molar-refractivity contribution is -0.137. The third-order valence-corrected chi connectivity index (χ3v) is 2.96. The van der Waals surface area contributed by atoms with Crippen LogP contribution in [-0.4, -0.2) is 18.0 Å². The van der Waals surface area contributed by atoms with E-state index in [-0.39, 0.29) is 24.7 Å². The number of nitrogens with two attached hydrogens (primary N) is 1. The second-order valence-corrected chi connectivity index (χ2v) is 6.01. The molecule has 1 rings (SSSR count). The predicted molar refractivity (Wildman–Crippen MR) is 82.8 cm³/mol. The molecule has 0 aliphatic carbocycles. The highest BCUT2D eigenvalue weighted by atomic mass is 35.5. The molecular weight excluding hydrogens is 317 g/mol. The molecule has 7 heteroatoms. The van der Waals surface area contributed by atoms with Crippen LogP contribution in [0.15, 0.2) is 24.3 Å². The van der Waals surface area contributed by atoms with Crippen molar-refractivity contribution >= 4 is 18.3 Å². The molecule has 0 radical (unpaired) electrons. The number of halogens is 4. The fraction of sp³-hybridized carbons (Fsp3) is 0.533. The first-order chi connectivity index (χ1) is 9.49. The molecule has 1 amide bonds. The molecule has 22 heavy (non-hydrogen) atoms. The van der Waals surface area contributed by atoms with E-state index in [1.807, 2.05) is 0 Å². The first kappa shape index (κ1) is 20.7. The summed E-state index contributed by atoms with van der Waals surface area (Å²) in [5.41, 5.74) is 5.03. The van der Waals surface area contributed by atoms with Crippen LogP contribution in [-0.2, 0) is 17.4 Å². The van der Waals surface area contributed by atoms with Crippen LogP contribution < -0.4 is 11.1 Å². The van der Waals surface area contributed by atoms with Crippen molar-refractivity contribution in [2.75, 3.05) is 6.54 Å². The molecule has 0 heterocycles. The van der Waals surface area contributed by atoms with Crippen molar-refractivity contribution in [1.82, 2.24) is 5.32 Å². The number of hydrogen-bond donors (Lipinski definition) is 2. The van der Waals surface area contributed by atoms with Gasteiger partial charge in [-0.1, -0.05) is 25.1 Å². The van der Waals surface area contributed by atoms with Crippen LogP contribution in [0.1, 0.15) is 31.9 Å². The summed E-state index contributed by atoms with van der Waals surface area (Å²) in [5, 5.41) is 2.70. The number of benzene rings is 1. The Morgan fingerprint density at radius 1 is 1.32 bits per heavy atom. The average Bonchev–Trinajstić information content (AvgIpc) is 2.34. The fourth-order valence-corrected chi connectivity index (χ4v) is 1.81. The predicted octanol–water partition coefficient (Wildman–Crippen LogP) is 3.16. The summed E-state index contributed by atoms with van der Waals surface area (Å²) >= 11 is 0. The van der Waals surface area contributed by atoms with Crippen molar-refractivity contribution in [3.8, 4) is 0 Å². The Hall–Kier alpha value is -1.27. The number of amides is 1. The van der Waals surface area contributed by atoms with Crippen molar-refractivity contribution < 1.29 is 18.0 Å². The summed E-state index contributed by atoms with van der Waals surface area (Å²) in [6.45, 7) is 5.56. The second-order valence-electron chi connectivity index (χ2n) is 6.01.